The monoisotopic (exact) mass is 304 g/mol. The van der Waals surface area contributed by atoms with Gasteiger partial charge in [-0.3, -0.25) is 4.79 Å². The molecule has 6 heteroatoms. The van der Waals surface area contributed by atoms with E-state index >= 15 is 0 Å². The Balaban J connectivity index is 1.95. The number of aromatic nitrogens is 1. The number of nitrogens with one attached hydrogen (secondary N) is 1. The number of pyridine rings is 1. The minimum absolute atomic E-state index is 0.240. The average Bonchev–Trinajstić information content (AvgIpc) is 2.53. The third kappa shape index (κ3) is 4.03. The normalized spacial score (nSPS) is 10.0. The van der Waals surface area contributed by atoms with Gasteiger partial charge in [0.05, 0.1) is 18.2 Å². The maximum atomic E-state index is 11.9. The molecule has 1 heterocycles. The summed E-state index contributed by atoms with van der Waals surface area (Å²) in [5.41, 5.74) is 1.78. The first-order chi connectivity index (χ1) is 10.1. The average molecular weight is 305 g/mol. The lowest BCUT2D eigenvalue weighted by Gasteiger charge is -2.06. The van der Waals surface area contributed by atoms with E-state index in [0.29, 0.717) is 22.8 Å². The molecule has 0 spiro atoms. The Morgan fingerprint density at radius 3 is 2.38 bits per heavy atom. The van der Waals surface area contributed by atoms with Gasteiger partial charge in [-0.1, -0.05) is 23.7 Å². The number of amides is 1. The van der Waals surface area contributed by atoms with E-state index in [-0.39, 0.29) is 5.91 Å². The van der Waals surface area contributed by atoms with Crippen molar-refractivity contribution in [3.8, 4) is 0 Å². The molecule has 0 atom stereocenters. The highest BCUT2D eigenvalue weighted by Crippen LogP contribution is 2.07. The van der Waals surface area contributed by atoms with Gasteiger partial charge >= 0.3 is 5.97 Å². The molecule has 2 aromatic rings. The summed E-state index contributed by atoms with van der Waals surface area (Å²) in [4.78, 5) is 27.0. The van der Waals surface area contributed by atoms with Gasteiger partial charge in [-0.15, -0.1) is 0 Å². The summed E-state index contributed by atoms with van der Waals surface area (Å²) in [5.74, 6) is -0.631. The first-order valence-electron chi connectivity index (χ1n) is 6.17. The molecular formula is C15H13ClN2O3. The SMILES string of the molecule is COC(=O)c1ccc(CNC(=O)c2ccc(Cl)nc2)cc1. The Hall–Kier alpha value is -2.40. The lowest BCUT2D eigenvalue weighted by Crippen LogP contribution is -2.22. The van der Waals surface area contributed by atoms with Gasteiger partial charge in [-0.2, -0.15) is 0 Å². The Labute approximate surface area is 126 Å². The summed E-state index contributed by atoms with van der Waals surface area (Å²) in [5, 5.41) is 3.10. The van der Waals surface area contributed by atoms with E-state index in [1.54, 1.807) is 36.4 Å². The molecule has 0 aliphatic rings. The van der Waals surface area contributed by atoms with E-state index in [4.69, 9.17) is 11.6 Å². The Morgan fingerprint density at radius 1 is 1.14 bits per heavy atom. The maximum absolute atomic E-state index is 11.9. The van der Waals surface area contributed by atoms with Gasteiger partial charge in [0.15, 0.2) is 0 Å². The zero-order valence-electron chi connectivity index (χ0n) is 11.3. The van der Waals surface area contributed by atoms with E-state index in [0.717, 1.165) is 5.56 Å². The summed E-state index contributed by atoms with van der Waals surface area (Å²) in [7, 11) is 1.33. The van der Waals surface area contributed by atoms with Crippen molar-refractivity contribution in [3.05, 3.63) is 64.4 Å². The van der Waals surface area contributed by atoms with Crippen LogP contribution < -0.4 is 5.32 Å². The van der Waals surface area contributed by atoms with E-state index in [1.165, 1.54) is 13.3 Å². The predicted octanol–water partition coefficient (Wildman–Crippen LogP) is 2.45. The zero-order chi connectivity index (χ0) is 15.2. The van der Waals surface area contributed by atoms with Gasteiger partial charge in [0.2, 0.25) is 0 Å². The number of carbonyl (C=O) groups is 2. The predicted molar refractivity (Wildman–Crippen MR) is 78.2 cm³/mol. The van der Waals surface area contributed by atoms with Crippen molar-refractivity contribution in [2.24, 2.45) is 0 Å². The fourth-order valence-electron chi connectivity index (χ4n) is 1.67. The van der Waals surface area contributed by atoms with E-state index in [1.807, 2.05) is 0 Å². The molecule has 0 aliphatic carbocycles. The van der Waals surface area contributed by atoms with Gasteiger partial charge in [-0.25, -0.2) is 9.78 Å². The fourth-order valence-corrected chi connectivity index (χ4v) is 1.78. The van der Waals surface area contributed by atoms with Crippen LogP contribution in [0.3, 0.4) is 0 Å². The maximum Gasteiger partial charge on any atom is 0.337 e. The minimum Gasteiger partial charge on any atom is -0.465 e. The van der Waals surface area contributed by atoms with Crippen LogP contribution in [0, 0.1) is 0 Å². The molecule has 1 aromatic heterocycles. The Morgan fingerprint density at radius 2 is 1.81 bits per heavy atom. The van der Waals surface area contributed by atoms with Crippen LogP contribution in [0.2, 0.25) is 5.15 Å². The number of carbonyl (C=O) groups excluding carboxylic acids is 2. The molecular weight excluding hydrogens is 292 g/mol. The number of rotatable bonds is 4. The van der Waals surface area contributed by atoms with Crippen LogP contribution in [0.25, 0.3) is 0 Å². The molecule has 21 heavy (non-hydrogen) atoms. The van der Waals surface area contributed by atoms with Crippen LogP contribution in [0.1, 0.15) is 26.3 Å². The smallest absolute Gasteiger partial charge is 0.337 e. The Bertz CT molecular complexity index is 639. The molecule has 1 amide bonds. The van der Waals surface area contributed by atoms with Crippen molar-refractivity contribution in [2.45, 2.75) is 6.54 Å². The third-order valence-corrected chi connectivity index (χ3v) is 3.04. The molecule has 0 saturated carbocycles. The lowest BCUT2D eigenvalue weighted by molar-refractivity contribution is 0.0600. The van der Waals surface area contributed by atoms with E-state index in [2.05, 4.69) is 15.0 Å². The third-order valence-electron chi connectivity index (χ3n) is 2.82. The highest BCUT2D eigenvalue weighted by atomic mass is 35.5. The molecule has 0 saturated heterocycles. The molecule has 0 aliphatic heterocycles. The van der Waals surface area contributed by atoms with Crippen molar-refractivity contribution in [2.75, 3.05) is 7.11 Å². The molecule has 0 bridgehead atoms. The van der Waals surface area contributed by atoms with Crippen molar-refractivity contribution in [3.63, 3.8) is 0 Å². The molecule has 5 nitrogen and oxygen atoms in total. The lowest BCUT2D eigenvalue weighted by atomic mass is 10.1. The van der Waals surface area contributed by atoms with Crippen LogP contribution in [-0.2, 0) is 11.3 Å². The molecule has 0 unspecified atom stereocenters. The van der Waals surface area contributed by atoms with Crippen LogP contribution in [0.4, 0.5) is 0 Å². The van der Waals surface area contributed by atoms with Gasteiger partial charge in [0.1, 0.15) is 5.15 Å². The second kappa shape index (κ2) is 6.85. The topological polar surface area (TPSA) is 68.3 Å². The molecule has 1 N–H and O–H groups in total. The molecule has 2 rings (SSSR count). The van der Waals surface area contributed by atoms with Crippen LogP contribution in [0.5, 0.6) is 0 Å². The molecule has 0 fully saturated rings. The number of nitrogens with zero attached hydrogens (tertiary/aromatic N) is 1. The summed E-state index contributed by atoms with van der Waals surface area (Å²) in [6.07, 6.45) is 1.41. The molecule has 0 radical (unpaired) electrons. The van der Waals surface area contributed by atoms with Gasteiger partial charge in [0, 0.05) is 12.7 Å². The van der Waals surface area contributed by atoms with Crippen molar-refractivity contribution in [1.82, 2.24) is 10.3 Å². The number of halogens is 1. The van der Waals surface area contributed by atoms with Gasteiger partial charge in [0.25, 0.3) is 5.91 Å². The second-order valence-corrected chi connectivity index (χ2v) is 4.63. The largest absolute Gasteiger partial charge is 0.465 e. The number of methoxy groups -OCH3 is 1. The first-order valence-corrected chi connectivity index (χ1v) is 6.55. The van der Waals surface area contributed by atoms with E-state index in [9.17, 15) is 9.59 Å². The summed E-state index contributed by atoms with van der Waals surface area (Å²) >= 11 is 5.66. The number of hydrogen-bond acceptors (Lipinski definition) is 4. The van der Waals surface area contributed by atoms with Crippen LogP contribution >= 0.6 is 11.6 Å². The minimum atomic E-state index is -0.391. The number of benzene rings is 1. The molecule has 108 valence electrons. The van der Waals surface area contributed by atoms with Crippen molar-refractivity contribution < 1.29 is 14.3 Å². The Kier molecular flexibility index (Phi) is 4.90. The highest BCUT2D eigenvalue weighted by Gasteiger charge is 2.07. The van der Waals surface area contributed by atoms with E-state index < -0.39 is 5.97 Å². The summed E-state index contributed by atoms with van der Waals surface area (Å²) in [6, 6.07) is 9.97. The highest BCUT2D eigenvalue weighted by molar-refractivity contribution is 6.29. The zero-order valence-corrected chi connectivity index (χ0v) is 12.1. The van der Waals surface area contributed by atoms with Crippen LogP contribution in [0.15, 0.2) is 42.6 Å². The molecule has 1 aromatic carbocycles. The van der Waals surface area contributed by atoms with Crippen molar-refractivity contribution >= 4 is 23.5 Å². The van der Waals surface area contributed by atoms with Crippen molar-refractivity contribution in [1.29, 1.82) is 0 Å². The van der Waals surface area contributed by atoms with Crippen LogP contribution in [-0.4, -0.2) is 24.0 Å². The number of esters is 1. The summed E-state index contributed by atoms with van der Waals surface area (Å²) < 4.78 is 4.62. The van der Waals surface area contributed by atoms with Gasteiger partial charge < -0.3 is 10.1 Å². The number of ether oxygens (including phenoxy) is 1. The number of hydrogen-bond donors (Lipinski definition) is 1. The first kappa shape index (κ1) is 15.0. The second-order valence-electron chi connectivity index (χ2n) is 4.24. The fraction of sp³-hybridized carbons (Fsp3) is 0.133. The standard InChI is InChI=1S/C15H13ClN2O3/c1-21-15(20)11-4-2-10(3-5-11)8-18-14(19)12-6-7-13(16)17-9-12/h2-7,9H,8H2,1H3,(H,18,19). The van der Waals surface area contributed by atoms with Gasteiger partial charge in [-0.05, 0) is 29.8 Å². The summed E-state index contributed by atoms with van der Waals surface area (Å²) in [6.45, 7) is 0.350. The quantitative estimate of drug-likeness (QED) is 0.696.